The quantitative estimate of drug-likeness (QED) is 0.305. The molecule has 1 saturated heterocycles. The number of ether oxygens (including phenoxy) is 1. The van der Waals surface area contributed by atoms with E-state index in [0.717, 1.165) is 36.9 Å². The number of aromatic nitrogens is 2. The number of hydrogen-bond donors (Lipinski definition) is 1. The van der Waals surface area contributed by atoms with Crippen molar-refractivity contribution in [2.24, 2.45) is 0 Å². The number of hydrogen-bond acceptors (Lipinski definition) is 4. The average Bonchev–Trinajstić information content (AvgIpc) is 3.36. The lowest BCUT2D eigenvalue weighted by atomic mass is 9.96. The Kier molecular flexibility index (Phi) is 8.08. The number of benzene rings is 1. The van der Waals surface area contributed by atoms with Gasteiger partial charge in [0.05, 0.1) is 17.8 Å². The molecular formula is C28H37N5OS. The van der Waals surface area contributed by atoms with Crippen LogP contribution < -0.4 is 10.2 Å². The molecule has 0 radical (unpaired) electrons. The number of methoxy groups -OCH3 is 1. The number of thiocarbonyl (C=S) groups is 1. The second-order valence-corrected chi connectivity index (χ2v) is 9.40. The molecule has 0 aliphatic carbocycles. The highest BCUT2D eigenvalue weighted by atomic mass is 32.1. The van der Waals surface area contributed by atoms with Gasteiger partial charge in [-0.15, -0.1) is 0 Å². The summed E-state index contributed by atoms with van der Waals surface area (Å²) in [6.45, 7) is 12.3. The zero-order chi connectivity index (χ0) is 24.9. The van der Waals surface area contributed by atoms with Gasteiger partial charge in [0.15, 0.2) is 5.11 Å². The summed E-state index contributed by atoms with van der Waals surface area (Å²) < 4.78 is 7.68. The predicted molar refractivity (Wildman–Crippen MR) is 147 cm³/mol. The van der Waals surface area contributed by atoms with Gasteiger partial charge in [-0.1, -0.05) is 6.07 Å². The van der Waals surface area contributed by atoms with Crippen molar-refractivity contribution in [3.8, 4) is 5.69 Å². The fourth-order valence-electron chi connectivity index (χ4n) is 5.25. The van der Waals surface area contributed by atoms with Crippen molar-refractivity contribution in [3.05, 3.63) is 77.4 Å². The normalized spacial score (nSPS) is 17.6. The van der Waals surface area contributed by atoms with E-state index in [1.54, 1.807) is 7.11 Å². The number of rotatable bonds is 10. The lowest BCUT2D eigenvalue weighted by Gasteiger charge is -2.28. The Morgan fingerprint density at radius 1 is 1.09 bits per heavy atom. The summed E-state index contributed by atoms with van der Waals surface area (Å²) in [6.07, 6.45) is 2.76. The van der Waals surface area contributed by atoms with Crippen LogP contribution in [0.15, 0.2) is 54.7 Å². The van der Waals surface area contributed by atoms with Crippen LogP contribution >= 0.6 is 12.2 Å². The molecule has 1 aliphatic rings. The summed E-state index contributed by atoms with van der Waals surface area (Å²) in [5.74, 6) is 0. The van der Waals surface area contributed by atoms with Crippen molar-refractivity contribution in [3.63, 3.8) is 0 Å². The molecule has 0 spiro atoms. The van der Waals surface area contributed by atoms with Crippen molar-refractivity contribution in [2.75, 3.05) is 38.3 Å². The fraction of sp³-hybridized carbons (Fsp3) is 0.429. The van der Waals surface area contributed by atoms with Crippen molar-refractivity contribution >= 4 is 23.0 Å². The van der Waals surface area contributed by atoms with Gasteiger partial charge in [-0.05, 0) is 94.4 Å². The highest BCUT2D eigenvalue weighted by molar-refractivity contribution is 7.80. The van der Waals surface area contributed by atoms with E-state index in [9.17, 15) is 0 Å². The van der Waals surface area contributed by atoms with Gasteiger partial charge in [0.2, 0.25) is 0 Å². The van der Waals surface area contributed by atoms with Crippen molar-refractivity contribution in [2.45, 2.75) is 46.2 Å². The van der Waals surface area contributed by atoms with Crippen molar-refractivity contribution in [1.82, 2.24) is 19.8 Å². The maximum Gasteiger partial charge on any atom is 0.170 e. The standard InChI is InChI=1S/C28H37N5OS/c1-6-31(7-2)22-12-14-23(15-13-22)33-20(3)19-24(21(33)4)27-26(25-11-8-9-16-29-25)30-28(35)32(27)17-10-18-34-5/h8-9,11-16,19,26-27H,6-7,10,17-18H2,1-5H3,(H,30,35)/t26-,27-/m0/s1. The van der Waals surface area contributed by atoms with E-state index in [0.29, 0.717) is 6.61 Å². The third-order valence-electron chi connectivity index (χ3n) is 6.97. The summed E-state index contributed by atoms with van der Waals surface area (Å²) in [7, 11) is 1.74. The van der Waals surface area contributed by atoms with E-state index in [1.807, 2.05) is 18.3 Å². The maximum absolute atomic E-state index is 5.82. The smallest absolute Gasteiger partial charge is 0.170 e. The molecule has 7 heteroatoms. The minimum atomic E-state index is -0.00904. The molecule has 3 aromatic rings. The Morgan fingerprint density at radius 2 is 1.83 bits per heavy atom. The summed E-state index contributed by atoms with van der Waals surface area (Å²) in [6, 6.07) is 17.3. The second kappa shape index (κ2) is 11.2. The van der Waals surface area contributed by atoms with Gasteiger partial charge in [0, 0.05) is 62.3 Å². The van der Waals surface area contributed by atoms with Crippen molar-refractivity contribution < 1.29 is 4.74 Å². The van der Waals surface area contributed by atoms with Crippen LogP contribution in [-0.4, -0.2) is 52.9 Å². The van der Waals surface area contributed by atoms with Gasteiger partial charge in [-0.3, -0.25) is 4.98 Å². The van der Waals surface area contributed by atoms with E-state index >= 15 is 0 Å². The third kappa shape index (κ3) is 5.07. The first-order chi connectivity index (χ1) is 17.0. The van der Waals surface area contributed by atoms with Crippen LogP contribution in [0.3, 0.4) is 0 Å². The molecule has 0 saturated carbocycles. The summed E-state index contributed by atoms with van der Waals surface area (Å²) >= 11 is 5.82. The van der Waals surface area contributed by atoms with Crippen LogP contribution in [0.25, 0.3) is 5.69 Å². The van der Waals surface area contributed by atoms with E-state index in [2.05, 4.69) is 88.8 Å². The Hall–Kier alpha value is -2.90. The van der Waals surface area contributed by atoms with E-state index < -0.39 is 0 Å². The molecule has 1 aliphatic heterocycles. The van der Waals surface area contributed by atoms with E-state index in [-0.39, 0.29) is 12.1 Å². The number of aryl methyl sites for hydroxylation is 1. The Balaban J connectivity index is 1.73. The highest BCUT2D eigenvalue weighted by Crippen LogP contribution is 2.41. The largest absolute Gasteiger partial charge is 0.385 e. The van der Waals surface area contributed by atoms with Gasteiger partial charge in [-0.2, -0.15) is 0 Å². The van der Waals surface area contributed by atoms with Gasteiger partial charge in [0.25, 0.3) is 0 Å². The monoisotopic (exact) mass is 491 g/mol. The van der Waals surface area contributed by atoms with E-state index in [4.69, 9.17) is 17.0 Å². The SMILES string of the molecule is CCN(CC)c1ccc(-n2c(C)cc([C@H]3[C@H](c4ccccn4)NC(=S)N3CCCOC)c2C)cc1. The topological polar surface area (TPSA) is 45.6 Å². The van der Waals surface area contributed by atoms with Crippen LogP contribution in [0, 0.1) is 13.8 Å². The third-order valence-corrected chi connectivity index (χ3v) is 7.32. The van der Waals surface area contributed by atoms with Crippen LogP contribution in [-0.2, 0) is 4.74 Å². The van der Waals surface area contributed by atoms with Crippen LogP contribution in [0.1, 0.15) is 55.0 Å². The summed E-state index contributed by atoms with van der Waals surface area (Å²) in [4.78, 5) is 9.35. The molecule has 35 heavy (non-hydrogen) atoms. The molecule has 1 fully saturated rings. The first-order valence-corrected chi connectivity index (χ1v) is 12.9. The van der Waals surface area contributed by atoms with E-state index in [1.165, 1.54) is 28.3 Å². The van der Waals surface area contributed by atoms with Crippen LogP contribution in [0.2, 0.25) is 0 Å². The molecule has 186 valence electrons. The van der Waals surface area contributed by atoms with Gasteiger partial charge in [-0.25, -0.2) is 0 Å². The van der Waals surface area contributed by atoms with Gasteiger partial charge >= 0.3 is 0 Å². The second-order valence-electron chi connectivity index (χ2n) is 9.02. The zero-order valence-electron chi connectivity index (χ0n) is 21.5. The Bertz CT molecular complexity index is 1120. The number of anilines is 1. The van der Waals surface area contributed by atoms with Gasteiger partial charge < -0.3 is 24.4 Å². The molecule has 0 amide bonds. The molecule has 3 heterocycles. The molecule has 4 rings (SSSR count). The molecule has 6 nitrogen and oxygen atoms in total. The molecule has 2 atom stereocenters. The molecular weight excluding hydrogens is 454 g/mol. The number of pyridine rings is 1. The number of nitrogens with zero attached hydrogens (tertiary/aromatic N) is 4. The summed E-state index contributed by atoms with van der Waals surface area (Å²) in [5.41, 5.74) is 7.15. The van der Waals surface area contributed by atoms with Crippen molar-refractivity contribution in [1.29, 1.82) is 0 Å². The summed E-state index contributed by atoms with van der Waals surface area (Å²) in [5, 5.41) is 4.34. The number of nitrogens with one attached hydrogen (secondary N) is 1. The molecule has 0 unspecified atom stereocenters. The zero-order valence-corrected chi connectivity index (χ0v) is 22.3. The average molecular weight is 492 g/mol. The lowest BCUT2D eigenvalue weighted by molar-refractivity contribution is 0.180. The van der Waals surface area contributed by atoms with Gasteiger partial charge in [0.1, 0.15) is 0 Å². The maximum atomic E-state index is 5.82. The molecule has 2 aromatic heterocycles. The first kappa shape index (κ1) is 25.2. The molecule has 0 bridgehead atoms. The van der Waals surface area contributed by atoms with Crippen LogP contribution in [0.4, 0.5) is 5.69 Å². The highest BCUT2D eigenvalue weighted by Gasteiger charge is 2.41. The first-order valence-electron chi connectivity index (χ1n) is 12.5. The predicted octanol–water partition coefficient (Wildman–Crippen LogP) is 5.34. The Labute approximate surface area is 214 Å². The molecule has 1 N–H and O–H groups in total. The lowest BCUT2D eigenvalue weighted by Crippen LogP contribution is -2.31. The van der Waals surface area contributed by atoms with Crippen LogP contribution in [0.5, 0.6) is 0 Å². The minimum Gasteiger partial charge on any atom is -0.385 e. The minimum absolute atomic E-state index is 0.00904. The molecule has 1 aromatic carbocycles. The Morgan fingerprint density at radius 3 is 2.46 bits per heavy atom. The fourth-order valence-corrected chi connectivity index (χ4v) is 5.58.